The number of nitrogens with zero attached hydrogens (tertiary/aromatic N) is 4. The maximum Gasteiger partial charge on any atom is 0.227 e. The second-order valence-corrected chi connectivity index (χ2v) is 14.7. The highest BCUT2D eigenvalue weighted by Crippen LogP contribution is 2.33. The average Bonchev–Trinajstić information content (AvgIpc) is 3.93. The number of anilines is 4. The topological polar surface area (TPSA) is 54.1 Å². The van der Waals surface area contributed by atoms with E-state index in [0.717, 1.165) is 67.2 Å². The Balaban J connectivity index is 0.980. The van der Waals surface area contributed by atoms with Crippen LogP contribution in [0.2, 0.25) is 0 Å². The molecule has 304 valence electrons. The summed E-state index contributed by atoms with van der Waals surface area (Å²) in [6, 6.07) is 52.5. The minimum atomic E-state index is 0.0125. The third-order valence-corrected chi connectivity index (χ3v) is 10.6. The standard InChI is InChI=1S/C56H48N4O2/c1-5-8-9-15-39-59(51-37-31-47(32-38-51)56-57-52(17-6-2)41(4)61-56)49-33-27-45(28-34-49)43-23-25-44(26-24-43)46-29-35-50(36-30-46)60(48-19-11-10-12-20-48)40-16-18-42(7-3)55-58-53-21-13-14-22-54(53)62-55/h5-41,52H,1,3H2,2,4H3/b9-8-,17-6-,39-15+,40-16+,42-18+. The molecule has 0 saturated carbocycles. The zero-order chi connectivity index (χ0) is 42.7. The molecule has 1 aromatic heterocycles. The van der Waals surface area contributed by atoms with E-state index < -0.39 is 0 Å². The summed E-state index contributed by atoms with van der Waals surface area (Å²) >= 11 is 0. The number of oxazole rings is 1. The molecule has 8 rings (SSSR count). The van der Waals surface area contributed by atoms with E-state index in [1.54, 1.807) is 12.2 Å². The minimum absolute atomic E-state index is 0.0125. The van der Waals surface area contributed by atoms with Crippen LogP contribution in [-0.2, 0) is 4.74 Å². The van der Waals surface area contributed by atoms with Crippen LogP contribution in [-0.4, -0.2) is 23.0 Å². The van der Waals surface area contributed by atoms with Crippen molar-refractivity contribution in [2.24, 2.45) is 4.99 Å². The molecule has 1 aliphatic rings. The monoisotopic (exact) mass is 808 g/mol. The summed E-state index contributed by atoms with van der Waals surface area (Å²) < 4.78 is 12.1. The van der Waals surface area contributed by atoms with Crippen LogP contribution in [0.25, 0.3) is 38.9 Å². The van der Waals surface area contributed by atoms with Gasteiger partial charge in [-0.1, -0.05) is 128 Å². The summed E-state index contributed by atoms with van der Waals surface area (Å²) in [4.78, 5) is 13.8. The molecule has 6 nitrogen and oxygen atoms in total. The normalized spacial score (nSPS) is 15.5. The van der Waals surface area contributed by atoms with Crippen molar-refractivity contribution in [3.8, 4) is 22.3 Å². The lowest BCUT2D eigenvalue weighted by atomic mass is 10.00. The SMILES string of the molecule is C=C/C=C\C=C\N(c1ccc(C2=NC(/C=C\C)C(C)O2)cc1)c1ccc(-c2ccc(-c3ccc(N(/C=C/C=C(\C=C)c4nc5ccccc5o4)c4ccccc4)cc3)cc2)cc1. The molecule has 7 aromatic rings. The van der Waals surface area contributed by atoms with Crippen molar-refractivity contribution in [1.29, 1.82) is 0 Å². The van der Waals surface area contributed by atoms with Gasteiger partial charge in [0.15, 0.2) is 5.58 Å². The Labute approximate surface area is 364 Å². The highest BCUT2D eigenvalue weighted by molar-refractivity contribution is 5.96. The molecule has 0 amide bonds. The maximum atomic E-state index is 6.08. The van der Waals surface area contributed by atoms with Crippen molar-refractivity contribution in [2.75, 3.05) is 9.80 Å². The van der Waals surface area contributed by atoms with Gasteiger partial charge in [0.2, 0.25) is 11.8 Å². The lowest BCUT2D eigenvalue weighted by molar-refractivity contribution is 0.227. The molecule has 0 fully saturated rings. The van der Waals surface area contributed by atoms with E-state index in [4.69, 9.17) is 14.1 Å². The van der Waals surface area contributed by atoms with Gasteiger partial charge in [0, 0.05) is 46.3 Å². The molecule has 1 aliphatic heterocycles. The zero-order valence-corrected chi connectivity index (χ0v) is 35.0. The molecule has 2 heterocycles. The molecule has 62 heavy (non-hydrogen) atoms. The molecule has 2 atom stereocenters. The van der Waals surface area contributed by atoms with E-state index in [2.05, 4.69) is 156 Å². The van der Waals surface area contributed by atoms with Crippen molar-refractivity contribution in [3.63, 3.8) is 0 Å². The summed E-state index contributed by atoms with van der Waals surface area (Å²) in [6.07, 6.45) is 21.6. The Kier molecular flexibility index (Phi) is 12.8. The number of hydrogen-bond donors (Lipinski definition) is 0. The van der Waals surface area contributed by atoms with Gasteiger partial charge in [-0.2, -0.15) is 0 Å². The first kappa shape index (κ1) is 40.8. The van der Waals surface area contributed by atoms with Gasteiger partial charge in [-0.3, -0.25) is 0 Å². The summed E-state index contributed by atoms with van der Waals surface area (Å²) in [5.74, 6) is 1.22. The van der Waals surface area contributed by atoms with E-state index in [1.807, 2.05) is 92.0 Å². The lowest BCUT2D eigenvalue weighted by Crippen LogP contribution is -2.16. The lowest BCUT2D eigenvalue weighted by Gasteiger charge is -2.21. The first-order chi connectivity index (χ1) is 30.5. The van der Waals surface area contributed by atoms with Gasteiger partial charge in [0.05, 0.1) is 0 Å². The molecule has 0 spiro atoms. The Morgan fingerprint density at radius 2 is 1.10 bits per heavy atom. The third kappa shape index (κ3) is 9.41. The van der Waals surface area contributed by atoms with Crippen molar-refractivity contribution >= 4 is 45.3 Å². The Morgan fingerprint density at radius 1 is 0.581 bits per heavy atom. The average molecular weight is 809 g/mol. The highest BCUT2D eigenvalue weighted by atomic mass is 16.5. The molecule has 0 saturated heterocycles. The van der Waals surface area contributed by atoms with Gasteiger partial charge in [0.1, 0.15) is 17.7 Å². The number of ether oxygens (including phenoxy) is 1. The van der Waals surface area contributed by atoms with Crippen LogP contribution in [0.3, 0.4) is 0 Å². The Hall–Kier alpha value is -7.96. The molecule has 0 aliphatic carbocycles. The van der Waals surface area contributed by atoms with E-state index >= 15 is 0 Å². The van der Waals surface area contributed by atoms with Crippen LogP contribution in [0.5, 0.6) is 0 Å². The number of benzene rings is 6. The number of rotatable bonds is 15. The fraction of sp³-hybridized carbons (Fsp3) is 0.0714. The van der Waals surface area contributed by atoms with Crippen LogP contribution in [0, 0.1) is 0 Å². The predicted molar refractivity (Wildman–Crippen MR) is 260 cm³/mol. The summed E-state index contributed by atoms with van der Waals surface area (Å²) in [5, 5.41) is 0. The van der Waals surface area contributed by atoms with E-state index in [0.29, 0.717) is 11.8 Å². The number of hydrogen-bond acceptors (Lipinski definition) is 6. The van der Waals surface area contributed by atoms with Gasteiger partial charge in [0.25, 0.3) is 0 Å². The predicted octanol–water partition coefficient (Wildman–Crippen LogP) is 14.6. The summed E-state index contributed by atoms with van der Waals surface area (Å²) in [6.45, 7) is 11.9. The van der Waals surface area contributed by atoms with Crippen LogP contribution >= 0.6 is 0 Å². The van der Waals surface area contributed by atoms with Crippen LogP contribution in [0.4, 0.5) is 22.7 Å². The van der Waals surface area contributed by atoms with Gasteiger partial charge in [-0.15, -0.1) is 0 Å². The first-order valence-electron chi connectivity index (χ1n) is 20.8. The molecule has 0 bridgehead atoms. The molecule has 6 heteroatoms. The number of aliphatic imine (C=N–C) groups is 1. The molecule has 0 N–H and O–H groups in total. The second-order valence-electron chi connectivity index (χ2n) is 14.7. The summed E-state index contributed by atoms with van der Waals surface area (Å²) in [5.41, 5.74) is 12.0. The molecule has 2 unspecified atom stereocenters. The molecular weight excluding hydrogens is 761 g/mol. The summed E-state index contributed by atoms with van der Waals surface area (Å²) in [7, 11) is 0. The largest absolute Gasteiger partial charge is 0.472 e. The highest BCUT2D eigenvalue weighted by Gasteiger charge is 2.25. The van der Waals surface area contributed by atoms with E-state index in [-0.39, 0.29) is 12.1 Å². The smallest absolute Gasteiger partial charge is 0.227 e. The van der Waals surface area contributed by atoms with Gasteiger partial charge in [-0.05, 0) is 127 Å². The molecule has 6 aromatic carbocycles. The van der Waals surface area contributed by atoms with Gasteiger partial charge in [-0.25, -0.2) is 9.98 Å². The maximum absolute atomic E-state index is 6.08. The van der Waals surface area contributed by atoms with Gasteiger partial charge < -0.3 is 19.0 Å². The Bertz CT molecular complexity index is 2770. The quantitative estimate of drug-likeness (QED) is 0.0763. The fourth-order valence-corrected chi connectivity index (χ4v) is 7.27. The molecule has 0 radical (unpaired) electrons. The van der Waals surface area contributed by atoms with Crippen molar-refractivity contribution in [1.82, 2.24) is 4.98 Å². The number of allylic oxidation sites excluding steroid dienone is 9. The van der Waals surface area contributed by atoms with E-state index in [9.17, 15) is 0 Å². The zero-order valence-electron chi connectivity index (χ0n) is 35.0. The van der Waals surface area contributed by atoms with Crippen LogP contribution < -0.4 is 9.80 Å². The van der Waals surface area contributed by atoms with Crippen LogP contribution in [0.15, 0.2) is 241 Å². The van der Waals surface area contributed by atoms with Gasteiger partial charge >= 0.3 is 0 Å². The van der Waals surface area contributed by atoms with Crippen molar-refractivity contribution in [2.45, 2.75) is 26.0 Å². The van der Waals surface area contributed by atoms with E-state index in [1.165, 1.54) is 0 Å². The minimum Gasteiger partial charge on any atom is -0.472 e. The second kappa shape index (κ2) is 19.4. The third-order valence-electron chi connectivity index (χ3n) is 10.6. The number of fused-ring (bicyclic) bond motifs is 1. The van der Waals surface area contributed by atoms with Crippen molar-refractivity contribution < 1.29 is 9.15 Å². The number of aromatic nitrogens is 1. The molecular formula is C56H48N4O2. The first-order valence-corrected chi connectivity index (χ1v) is 20.8. The number of para-hydroxylation sites is 3. The van der Waals surface area contributed by atoms with Crippen molar-refractivity contribution in [3.05, 3.63) is 243 Å². The Morgan fingerprint density at radius 3 is 1.65 bits per heavy atom. The fourth-order valence-electron chi connectivity index (χ4n) is 7.27. The van der Waals surface area contributed by atoms with Crippen LogP contribution in [0.1, 0.15) is 25.3 Å².